The number of carbonyl (C=O) groups is 1. The van der Waals surface area contributed by atoms with E-state index in [4.69, 9.17) is 0 Å². The maximum absolute atomic E-state index is 12.6. The van der Waals surface area contributed by atoms with Crippen LogP contribution in [0.1, 0.15) is 34.7 Å². The predicted molar refractivity (Wildman–Crippen MR) is 115 cm³/mol. The maximum atomic E-state index is 12.6. The highest BCUT2D eigenvalue weighted by molar-refractivity contribution is 7.98. The third kappa shape index (κ3) is 5.73. The van der Waals surface area contributed by atoms with E-state index in [1.165, 1.54) is 11.1 Å². The fourth-order valence-electron chi connectivity index (χ4n) is 3.06. The number of aryl methyl sites for hydroxylation is 1. The lowest BCUT2D eigenvalue weighted by Gasteiger charge is -2.21. The number of hydrogen-bond acceptors (Lipinski definition) is 2. The zero-order valence-electron chi connectivity index (χ0n) is 15.6. The van der Waals surface area contributed by atoms with Crippen molar-refractivity contribution in [2.75, 3.05) is 5.75 Å². The van der Waals surface area contributed by atoms with Gasteiger partial charge in [-0.15, -0.1) is 0 Å². The number of carbonyl (C=O) groups excluding carboxylic acids is 1. The lowest BCUT2D eigenvalue weighted by molar-refractivity contribution is -0.121. The molecule has 1 amide bonds. The highest BCUT2D eigenvalue weighted by Crippen LogP contribution is 2.25. The summed E-state index contributed by atoms with van der Waals surface area (Å²) in [7, 11) is 0. The number of rotatable bonds is 8. The Morgan fingerprint density at radius 1 is 0.889 bits per heavy atom. The SMILES string of the molecule is Cc1ccccc1[C@@H](NC(=O)CCSCc1ccccc1)c1ccccc1. The summed E-state index contributed by atoms with van der Waals surface area (Å²) in [6.45, 7) is 2.09. The molecule has 0 spiro atoms. The molecule has 0 radical (unpaired) electrons. The van der Waals surface area contributed by atoms with Crippen molar-refractivity contribution in [3.8, 4) is 0 Å². The van der Waals surface area contributed by atoms with E-state index in [9.17, 15) is 4.79 Å². The van der Waals surface area contributed by atoms with Gasteiger partial charge in [0.2, 0.25) is 5.91 Å². The summed E-state index contributed by atoms with van der Waals surface area (Å²) in [4.78, 5) is 12.6. The van der Waals surface area contributed by atoms with Crippen LogP contribution in [0.5, 0.6) is 0 Å². The molecule has 27 heavy (non-hydrogen) atoms. The summed E-state index contributed by atoms with van der Waals surface area (Å²) in [5.74, 6) is 1.84. The zero-order valence-corrected chi connectivity index (χ0v) is 16.4. The first kappa shape index (κ1) is 19.2. The largest absolute Gasteiger partial charge is 0.345 e. The highest BCUT2D eigenvalue weighted by Gasteiger charge is 2.18. The van der Waals surface area contributed by atoms with Crippen molar-refractivity contribution in [2.24, 2.45) is 0 Å². The second-order valence-corrected chi connectivity index (χ2v) is 7.66. The average Bonchev–Trinajstić information content (AvgIpc) is 2.71. The van der Waals surface area contributed by atoms with Gasteiger partial charge >= 0.3 is 0 Å². The van der Waals surface area contributed by atoms with Crippen molar-refractivity contribution in [2.45, 2.75) is 25.1 Å². The number of hydrogen-bond donors (Lipinski definition) is 1. The second-order valence-electron chi connectivity index (χ2n) is 6.56. The van der Waals surface area contributed by atoms with Crippen molar-refractivity contribution >= 4 is 17.7 Å². The van der Waals surface area contributed by atoms with E-state index < -0.39 is 0 Å². The first-order chi connectivity index (χ1) is 13.2. The van der Waals surface area contributed by atoms with Crippen LogP contribution in [0.4, 0.5) is 0 Å². The van der Waals surface area contributed by atoms with E-state index >= 15 is 0 Å². The summed E-state index contributed by atoms with van der Waals surface area (Å²) in [5, 5.41) is 3.24. The Labute approximate surface area is 166 Å². The first-order valence-corrected chi connectivity index (χ1v) is 10.4. The topological polar surface area (TPSA) is 29.1 Å². The van der Waals surface area contributed by atoms with Gasteiger partial charge in [-0.3, -0.25) is 4.79 Å². The molecule has 2 nitrogen and oxygen atoms in total. The van der Waals surface area contributed by atoms with Crippen molar-refractivity contribution < 1.29 is 4.79 Å². The van der Waals surface area contributed by atoms with Gasteiger partial charge in [-0.25, -0.2) is 0 Å². The van der Waals surface area contributed by atoms with Gasteiger partial charge in [0.15, 0.2) is 0 Å². The zero-order chi connectivity index (χ0) is 18.9. The smallest absolute Gasteiger partial charge is 0.221 e. The van der Waals surface area contributed by atoms with Gasteiger partial charge in [0.25, 0.3) is 0 Å². The van der Waals surface area contributed by atoms with Crippen LogP contribution in [0.25, 0.3) is 0 Å². The minimum atomic E-state index is -0.112. The molecular formula is C24H25NOS. The lowest BCUT2D eigenvalue weighted by atomic mass is 9.95. The third-order valence-corrected chi connectivity index (χ3v) is 5.55. The molecule has 138 valence electrons. The van der Waals surface area contributed by atoms with Crippen molar-refractivity contribution in [1.29, 1.82) is 0 Å². The molecule has 3 aromatic rings. The monoisotopic (exact) mass is 375 g/mol. The highest BCUT2D eigenvalue weighted by atomic mass is 32.2. The quantitative estimate of drug-likeness (QED) is 0.525. The Balaban J connectivity index is 1.60. The van der Waals surface area contributed by atoms with Gasteiger partial charge in [-0.1, -0.05) is 84.9 Å². The van der Waals surface area contributed by atoms with Crippen LogP contribution in [0.2, 0.25) is 0 Å². The van der Waals surface area contributed by atoms with Crippen LogP contribution < -0.4 is 5.32 Å². The molecule has 0 saturated heterocycles. The molecule has 0 unspecified atom stereocenters. The predicted octanol–water partition coefficient (Wildman–Crippen LogP) is 5.52. The van der Waals surface area contributed by atoms with E-state index in [-0.39, 0.29) is 11.9 Å². The summed E-state index contributed by atoms with van der Waals surface area (Å²) in [6, 6.07) is 28.7. The second kappa shape index (κ2) is 9.98. The number of benzene rings is 3. The van der Waals surface area contributed by atoms with Crippen LogP contribution in [0, 0.1) is 6.92 Å². The molecule has 0 aliphatic rings. The molecule has 1 N–H and O–H groups in total. The molecule has 0 saturated carbocycles. The standard InChI is InChI=1S/C24H25NOS/c1-19-10-8-9-15-22(19)24(21-13-6-3-7-14-21)25-23(26)16-17-27-18-20-11-4-2-5-12-20/h2-15,24H,16-18H2,1H3,(H,25,26)/t24-/m0/s1. The minimum Gasteiger partial charge on any atom is -0.345 e. The number of nitrogens with one attached hydrogen (secondary N) is 1. The Bertz CT molecular complexity index is 849. The lowest BCUT2D eigenvalue weighted by Crippen LogP contribution is -2.30. The molecule has 0 heterocycles. The molecule has 0 fully saturated rings. The van der Waals surface area contributed by atoms with Gasteiger partial charge in [0.05, 0.1) is 6.04 Å². The van der Waals surface area contributed by atoms with E-state index in [0.29, 0.717) is 6.42 Å². The van der Waals surface area contributed by atoms with Crippen LogP contribution in [-0.2, 0) is 10.5 Å². The van der Waals surface area contributed by atoms with E-state index in [2.05, 4.69) is 60.8 Å². The number of amides is 1. The van der Waals surface area contributed by atoms with E-state index in [1.54, 1.807) is 11.8 Å². The van der Waals surface area contributed by atoms with Crippen molar-refractivity contribution in [3.63, 3.8) is 0 Å². The Morgan fingerprint density at radius 3 is 2.22 bits per heavy atom. The van der Waals surface area contributed by atoms with Gasteiger partial charge < -0.3 is 5.32 Å². The molecule has 0 aromatic heterocycles. The molecule has 0 bridgehead atoms. The summed E-state index contributed by atoms with van der Waals surface area (Å²) in [6.07, 6.45) is 0.521. The summed E-state index contributed by atoms with van der Waals surface area (Å²) >= 11 is 1.80. The molecular weight excluding hydrogens is 350 g/mol. The van der Waals surface area contributed by atoms with Crippen LogP contribution in [0.15, 0.2) is 84.9 Å². The van der Waals surface area contributed by atoms with Crippen molar-refractivity contribution in [1.82, 2.24) is 5.32 Å². The molecule has 3 rings (SSSR count). The third-order valence-electron chi connectivity index (χ3n) is 4.52. The Morgan fingerprint density at radius 2 is 1.52 bits per heavy atom. The molecule has 0 aliphatic heterocycles. The Hall–Kier alpha value is -2.52. The van der Waals surface area contributed by atoms with Gasteiger partial charge in [0.1, 0.15) is 0 Å². The number of thioether (sulfide) groups is 1. The van der Waals surface area contributed by atoms with Gasteiger partial charge in [-0.05, 0) is 29.2 Å². The fraction of sp³-hybridized carbons (Fsp3) is 0.208. The molecule has 1 atom stereocenters. The summed E-state index contributed by atoms with van der Waals surface area (Å²) in [5.41, 5.74) is 4.74. The van der Waals surface area contributed by atoms with Crippen molar-refractivity contribution in [3.05, 3.63) is 107 Å². The van der Waals surface area contributed by atoms with Crippen LogP contribution in [-0.4, -0.2) is 11.7 Å². The average molecular weight is 376 g/mol. The van der Waals surface area contributed by atoms with Crippen LogP contribution >= 0.6 is 11.8 Å². The molecule has 3 heteroatoms. The van der Waals surface area contributed by atoms with Gasteiger partial charge in [-0.2, -0.15) is 11.8 Å². The molecule has 3 aromatic carbocycles. The normalized spacial score (nSPS) is 11.7. The first-order valence-electron chi connectivity index (χ1n) is 9.25. The minimum absolute atomic E-state index is 0.0904. The van der Waals surface area contributed by atoms with E-state index in [0.717, 1.165) is 22.6 Å². The van der Waals surface area contributed by atoms with Crippen LogP contribution in [0.3, 0.4) is 0 Å². The van der Waals surface area contributed by atoms with Gasteiger partial charge in [0, 0.05) is 17.9 Å². The van der Waals surface area contributed by atoms with E-state index in [1.807, 2.05) is 36.4 Å². The Kier molecular flexibility index (Phi) is 7.11. The maximum Gasteiger partial charge on any atom is 0.221 e. The molecule has 0 aliphatic carbocycles. The summed E-state index contributed by atoms with van der Waals surface area (Å²) < 4.78 is 0. The fourth-order valence-corrected chi connectivity index (χ4v) is 3.96.